The lowest BCUT2D eigenvalue weighted by molar-refractivity contribution is -0.134. The summed E-state index contributed by atoms with van der Waals surface area (Å²) in [6.45, 7) is 4.55. The number of hydrogen-bond acceptors (Lipinski definition) is 4. The fourth-order valence-corrected chi connectivity index (χ4v) is 3.44. The molecule has 2 fully saturated rings. The Morgan fingerprint density at radius 2 is 1.71 bits per heavy atom. The molecule has 2 heterocycles. The zero-order valence-corrected chi connectivity index (χ0v) is 14.2. The maximum absolute atomic E-state index is 12.6. The summed E-state index contributed by atoms with van der Waals surface area (Å²) in [5.41, 5.74) is 7.05. The van der Waals surface area contributed by atoms with Gasteiger partial charge in [0.05, 0.1) is 0 Å². The van der Waals surface area contributed by atoms with Crippen LogP contribution in [0.1, 0.15) is 36.5 Å². The quantitative estimate of drug-likeness (QED) is 0.865. The van der Waals surface area contributed by atoms with E-state index in [2.05, 4.69) is 17.8 Å². The molecular weight excluding hydrogens is 304 g/mol. The Bertz CT molecular complexity index is 570. The van der Waals surface area contributed by atoms with Gasteiger partial charge in [0.1, 0.15) is 6.04 Å². The van der Waals surface area contributed by atoms with Crippen LogP contribution in [0.5, 0.6) is 0 Å². The summed E-state index contributed by atoms with van der Waals surface area (Å²) in [6, 6.07) is 9.56. The first-order chi connectivity index (χ1) is 11.7. The summed E-state index contributed by atoms with van der Waals surface area (Å²) in [4.78, 5) is 28.8. The number of carbonyl (C=O) groups is 2. The van der Waals surface area contributed by atoms with E-state index >= 15 is 0 Å². The standard InChI is InChI=1S/C18H26N4O2/c1-2-6-15-13-16(20-19-15)18(24)22-11-9-21(10-12-22)17(23)14-7-4-3-5-8-14/h3-5,7-8,15-16,19-20H,2,6,9-13H2,1H3. The van der Waals surface area contributed by atoms with E-state index in [1.54, 1.807) is 0 Å². The molecule has 3 rings (SSSR count). The van der Waals surface area contributed by atoms with Crippen molar-refractivity contribution in [3.8, 4) is 0 Å². The number of amides is 2. The molecule has 2 aliphatic heterocycles. The number of nitrogens with zero attached hydrogens (tertiary/aromatic N) is 2. The molecule has 0 saturated carbocycles. The summed E-state index contributed by atoms with van der Waals surface area (Å²) in [5, 5.41) is 0. The molecule has 2 aliphatic rings. The fourth-order valence-electron chi connectivity index (χ4n) is 3.44. The van der Waals surface area contributed by atoms with Crippen LogP contribution in [-0.4, -0.2) is 59.9 Å². The smallest absolute Gasteiger partial charge is 0.253 e. The van der Waals surface area contributed by atoms with E-state index in [9.17, 15) is 9.59 Å². The van der Waals surface area contributed by atoms with E-state index in [-0.39, 0.29) is 17.9 Å². The predicted molar refractivity (Wildman–Crippen MR) is 92.3 cm³/mol. The van der Waals surface area contributed by atoms with E-state index in [1.807, 2.05) is 40.1 Å². The molecule has 6 heteroatoms. The lowest BCUT2D eigenvalue weighted by atomic mass is 10.0. The third kappa shape index (κ3) is 3.76. The SMILES string of the molecule is CCCC1CC(C(=O)N2CCN(C(=O)c3ccccc3)CC2)NN1. The van der Waals surface area contributed by atoms with Gasteiger partial charge < -0.3 is 9.80 Å². The first kappa shape index (κ1) is 16.9. The summed E-state index contributed by atoms with van der Waals surface area (Å²) >= 11 is 0. The molecule has 2 saturated heterocycles. The van der Waals surface area contributed by atoms with Gasteiger partial charge in [-0.2, -0.15) is 0 Å². The van der Waals surface area contributed by atoms with Crippen molar-refractivity contribution in [3.63, 3.8) is 0 Å². The molecule has 1 aromatic rings. The number of hydrogen-bond donors (Lipinski definition) is 2. The second-order valence-electron chi connectivity index (χ2n) is 6.55. The molecule has 0 radical (unpaired) electrons. The second kappa shape index (κ2) is 7.77. The molecular formula is C18H26N4O2. The van der Waals surface area contributed by atoms with Gasteiger partial charge in [-0.05, 0) is 25.0 Å². The highest BCUT2D eigenvalue weighted by Crippen LogP contribution is 2.15. The van der Waals surface area contributed by atoms with Crippen molar-refractivity contribution in [3.05, 3.63) is 35.9 Å². The van der Waals surface area contributed by atoms with Gasteiger partial charge >= 0.3 is 0 Å². The van der Waals surface area contributed by atoms with Crippen molar-refractivity contribution in [2.75, 3.05) is 26.2 Å². The predicted octanol–water partition coefficient (Wildman–Crippen LogP) is 1.01. The lowest BCUT2D eigenvalue weighted by Gasteiger charge is -2.36. The topological polar surface area (TPSA) is 64.7 Å². The van der Waals surface area contributed by atoms with E-state index in [4.69, 9.17) is 0 Å². The Labute approximate surface area is 143 Å². The normalized spacial score (nSPS) is 24.2. The second-order valence-corrected chi connectivity index (χ2v) is 6.55. The van der Waals surface area contributed by atoms with E-state index < -0.39 is 0 Å². The van der Waals surface area contributed by atoms with E-state index in [1.165, 1.54) is 0 Å². The maximum Gasteiger partial charge on any atom is 0.253 e. The zero-order valence-electron chi connectivity index (χ0n) is 14.2. The Kier molecular flexibility index (Phi) is 5.48. The molecule has 6 nitrogen and oxygen atoms in total. The van der Waals surface area contributed by atoms with Gasteiger partial charge in [-0.3, -0.25) is 15.0 Å². The van der Waals surface area contributed by atoms with Crippen LogP contribution in [0.4, 0.5) is 0 Å². The number of carbonyl (C=O) groups excluding carboxylic acids is 2. The highest BCUT2D eigenvalue weighted by atomic mass is 16.2. The first-order valence-electron chi connectivity index (χ1n) is 8.83. The van der Waals surface area contributed by atoms with Gasteiger partial charge in [0.2, 0.25) is 5.91 Å². The number of hydrazine groups is 1. The average Bonchev–Trinajstić information content (AvgIpc) is 3.10. The van der Waals surface area contributed by atoms with Gasteiger partial charge in [-0.25, -0.2) is 5.43 Å². The van der Waals surface area contributed by atoms with Crippen LogP contribution >= 0.6 is 0 Å². The molecule has 0 bridgehead atoms. The number of piperazine rings is 1. The maximum atomic E-state index is 12.6. The summed E-state index contributed by atoms with van der Waals surface area (Å²) in [6.07, 6.45) is 3.03. The van der Waals surface area contributed by atoms with Crippen molar-refractivity contribution < 1.29 is 9.59 Å². The summed E-state index contributed by atoms with van der Waals surface area (Å²) in [5.74, 6) is 0.194. The molecule has 0 aliphatic carbocycles. The minimum absolute atomic E-state index is 0.0476. The van der Waals surface area contributed by atoms with Crippen LogP contribution in [0, 0.1) is 0 Å². The van der Waals surface area contributed by atoms with Crippen LogP contribution in [0.2, 0.25) is 0 Å². The van der Waals surface area contributed by atoms with Gasteiger partial charge in [0.25, 0.3) is 5.91 Å². The third-order valence-corrected chi connectivity index (χ3v) is 4.82. The Balaban J connectivity index is 1.50. The highest BCUT2D eigenvalue weighted by molar-refractivity contribution is 5.94. The van der Waals surface area contributed by atoms with Gasteiger partial charge in [-0.15, -0.1) is 0 Å². The molecule has 1 aromatic carbocycles. The molecule has 130 valence electrons. The Morgan fingerprint density at radius 3 is 2.38 bits per heavy atom. The molecule has 2 atom stereocenters. The Morgan fingerprint density at radius 1 is 1.04 bits per heavy atom. The van der Waals surface area contributed by atoms with Crippen LogP contribution in [-0.2, 0) is 4.79 Å². The molecule has 24 heavy (non-hydrogen) atoms. The number of rotatable bonds is 4. The lowest BCUT2D eigenvalue weighted by Crippen LogP contribution is -2.54. The van der Waals surface area contributed by atoms with Crippen molar-refractivity contribution >= 4 is 11.8 Å². The van der Waals surface area contributed by atoms with Gasteiger partial charge in [0, 0.05) is 37.8 Å². The van der Waals surface area contributed by atoms with Gasteiger partial charge in [-0.1, -0.05) is 31.5 Å². The fraction of sp³-hybridized carbons (Fsp3) is 0.556. The summed E-state index contributed by atoms with van der Waals surface area (Å²) < 4.78 is 0. The van der Waals surface area contributed by atoms with E-state index in [0.29, 0.717) is 37.8 Å². The van der Waals surface area contributed by atoms with Crippen molar-refractivity contribution in [2.24, 2.45) is 0 Å². The minimum Gasteiger partial charge on any atom is -0.338 e. The van der Waals surface area contributed by atoms with Crippen molar-refractivity contribution in [2.45, 2.75) is 38.3 Å². The molecule has 0 aromatic heterocycles. The Hall–Kier alpha value is -1.92. The largest absolute Gasteiger partial charge is 0.338 e. The summed E-state index contributed by atoms with van der Waals surface area (Å²) in [7, 11) is 0. The van der Waals surface area contributed by atoms with Gasteiger partial charge in [0.15, 0.2) is 0 Å². The van der Waals surface area contributed by atoms with Crippen LogP contribution in [0.3, 0.4) is 0 Å². The number of benzene rings is 1. The first-order valence-corrected chi connectivity index (χ1v) is 8.83. The van der Waals surface area contributed by atoms with E-state index in [0.717, 1.165) is 19.3 Å². The van der Waals surface area contributed by atoms with Crippen molar-refractivity contribution in [1.29, 1.82) is 0 Å². The van der Waals surface area contributed by atoms with Crippen LogP contribution in [0.15, 0.2) is 30.3 Å². The number of nitrogens with one attached hydrogen (secondary N) is 2. The molecule has 2 unspecified atom stereocenters. The molecule has 2 N–H and O–H groups in total. The van der Waals surface area contributed by atoms with Crippen LogP contribution < -0.4 is 10.9 Å². The molecule has 2 amide bonds. The third-order valence-electron chi connectivity index (χ3n) is 4.82. The van der Waals surface area contributed by atoms with Crippen molar-refractivity contribution in [1.82, 2.24) is 20.7 Å². The minimum atomic E-state index is -0.141. The average molecular weight is 330 g/mol. The highest BCUT2D eigenvalue weighted by Gasteiger charge is 2.33. The van der Waals surface area contributed by atoms with Crippen LogP contribution in [0.25, 0.3) is 0 Å². The zero-order chi connectivity index (χ0) is 16.9. The molecule has 0 spiro atoms. The monoisotopic (exact) mass is 330 g/mol.